The van der Waals surface area contributed by atoms with Crippen LogP contribution in [0.25, 0.3) is 0 Å². The molecule has 0 bridgehead atoms. The summed E-state index contributed by atoms with van der Waals surface area (Å²) in [4.78, 5) is 12.1. The van der Waals surface area contributed by atoms with Crippen LogP contribution in [-0.4, -0.2) is 15.0 Å². The summed E-state index contributed by atoms with van der Waals surface area (Å²) in [6.45, 7) is 0. The lowest BCUT2D eigenvalue weighted by atomic mass is 10.2. The Balaban J connectivity index is 1.88. The van der Waals surface area contributed by atoms with Gasteiger partial charge in [-0.3, -0.25) is 0 Å². The third-order valence-electron chi connectivity index (χ3n) is 3.33. The van der Waals surface area contributed by atoms with E-state index in [0.717, 1.165) is 12.1 Å². The quantitative estimate of drug-likeness (QED) is 0.612. The highest BCUT2D eigenvalue weighted by Crippen LogP contribution is 2.37. The average molecular weight is 381 g/mol. The van der Waals surface area contributed by atoms with Crippen molar-refractivity contribution in [2.75, 3.05) is 16.4 Å². The summed E-state index contributed by atoms with van der Waals surface area (Å²) in [5.41, 5.74) is 5.31. The van der Waals surface area contributed by atoms with Crippen molar-refractivity contribution >= 4 is 40.4 Å². The van der Waals surface area contributed by atoms with E-state index in [4.69, 9.17) is 17.3 Å². The Kier molecular flexibility index (Phi) is 4.81. The van der Waals surface area contributed by atoms with Gasteiger partial charge in [0.2, 0.25) is 0 Å². The molecular weight excluding hydrogens is 369 g/mol. The lowest BCUT2D eigenvalue weighted by Crippen LogP contribution is -2.08. The number of aromatic nitrogens is 3. The second kappa shape index (κ2) is 7.04. The molecule has 0 atom stereocenters. The minimum atomic E-state index is -4.57. The number of nitrogen functional groups attached to an aromatic ring is 1. The number of benzene rings is 1. The van der Waals surface area contributed by atoms with Crippen molar-refractivity contribution in [2.45, 2.75) is 6.18 Å². The van der Waals surface area contributed by atoms with Gasteiger partial charge in [0.1, 0.15) is 17.8 Å². The number of nitrogens with two attached hydrogens (primary N) is 1. The monoisotopic (exact) mass is 380 g/mol. The Morgan fingerprint density at radius 2 is 1.69 bits per heavy atom. The SMILES string of the molecule is Nc1c(Nc2ccc(Cl)c(C(F)(F)F)c2)ncnc1Nc1ccccn1. The minimum Gasteiger partial charge on any atom is -0.393 e. The summed E-state index contributed by atoms with van der Waals surface area (Å²) in [6.07, 6.45) is -1.76. The third kappa shape index (κ3) is 3.94. The molecular formula is C16H12ClF3N6. The molecule has 2 aromatic heterocycles. The van der Waals surface area contributed by atoms with Crippen LogP contribution in [0.3, 0.4) is 0 Å². The molecule has 6 nitrogen and oxygen atoms in total. The van der Waals surface area contributed by atoms with E-state index in [1.807, 2.05) is 0 Å². The van der Waals surface area contributed by atoms with Crippen molar-refractivity contribution in [3.8, 4) is 0 Å². The minimum absolute atomic E-state index is 0.127. The maximum absolute atomic E-state index is 13.0. The highest BCUT2D eigenvalue weighted by atomic mass is 35.5. The van der Waals surface area contributed by atoms with Gasteiger partial charge in [-0.05, 0) is 30.3 Å². The molecule has 4 N–H and O–H groups in total. The first-order valence-corrected chi connectivity index (χ1v) is 7.64. The van der Waals surface area contributed by atoms with Crippen LogP contribution in [0.5, 0.6) is 0 Å². The lowest BCUT2D eigenvalue weighted by molar-refractivity contribution is -0.137. The molecule has 0 amide bonds. The van der Waals surface area contributed by atoms with Gasteiger partial charge in [0.25, 0.3) is 0 Å². The molecule has 0 aliphatic carbocycles. The summed E-state index contributed by atoms with van der Waals surface area (Å²) < 4.78 is 38.9. The van der Waals surface area contributed by atoms with Gasteiger partial charge in [-0.2, -0.15) is 13.2 Å². The topological polar surface area (TPSA) is 88.8 Å². The second-order valence-electron chi connectivity index (χ2n) is 5.14. The van der Waals surface area contributed by atoms with Gasteiger partial charge in [0.15, 0.2) is 11.6 Å². The molecule has 3 aromatic rings. The number of anilines is 5. The number of alkyl halides is 3. The van der Waals surface area contributed by atoms with Crippen LogP contribution in [0, 0.1) is 0 Å². The number of nitrogens with one attached hydrogen (secondary N) is 2. The van der Waals surface area contributed by atoms with Crippen molar-refractivity contribution in [3.05, 3.63) is 59.5 Å². The van der Waals surface area contributed by atoms with Gasteiger partial charge in [-0.1, -0.05) is 17.7 Å². The predicted molar refractivity (Wildman–Crippen MR) is 93.7 cm³/mol. The van der Waals surface area contributed by atoms with E-state index >= 15 is 0 Å². The normalized spacial score (nSPS) is 11.2. The lowest BCUT2D eigenvalue weighted by Gasteiger charge is -2.14. The molecule has 0 aliphatic heterocycles. The van der Waals surface area contributed by atoms with Crippen LogP contribution in [0.15, 0.2) is 48.9 Å². The maximum Gasteiger partial charge on any atom is 0.417 e. The van der Waals surface area contributed by atoms with Gasteiger partial charge < -0.3 is 16.4 Å². The summed E-state index contributed by atoms with van der Waals surface area (Å²) in [7, 11) is 0. The fourth-order valence-corrected chi connectivity index (χ4v) is 2.33. The summed E-state index contributed by atoms with van der Waals surface area (Å²) in [5, 5.41) is 5.27. The molecule has 0 spiro atoms. The smallest absolute Gasteiger partial charge is 0.393 e. The molecule has 0 saturated heterocycles. The molecule has 0 radical (unpaired) electrons. The Morgan fingerprint density at radius 3 is 2.35 bits per heavy atom. The number of hydrogen-bond acceptors (Lipinski definition) is 6. The molecule has 10 heteroatoms. The first-order valence-electron chi connectivity index (χ1n) is 7.27. The standard InChI is InChI=1S/C16H12ClF3N6/c17-11-5-4-9(7-10(11)16(18,19)20)25-14-13(21)15(24-8-23-14)26-12-3-1-2-6-22-12/h1-8H,21H2,(H2,22,23,24,25,26). The fraction of sp³-hybridized carbons (Fsp3) is 0.0625. The number of nitrogens with zero attached hydrogens (tertiary/aromatic N) is 3. The Labute approximate surface area is 151 Å². The highest BCUT2D eigenvalue weighted by molar-refractivity contribution is 6.31. The van der Waals surface area contributed by atoms with Crippen LogP contribution in [0.2, 0.25) is 5.02 Å². The van der Waals surface area contributed by atoms with Gasteiger partial charge in [0.05, 0.1) is 10.6 Å². The summed E-state index contributed by atoms with van der Waals surface area (Å²) >= 11 is 5.62. The molecule has 0 aliphatic rings. The van der Waals surface area contributed by atoms with Crippen LogP contribution in [0.1, 0.15) is 5.56 Å². The van der Waals surface area contributed by atoms with E-state index in [0.29, 0.717) is 5.82 Å². The largest absolute Gasteiger partial charge is 0.417 e. The summed E-state index contributed by atoms with van der Waals surface area (Å²) in [5.74, 6) is 0.926. The zero-order valence-electron chi connectivity index (χ0n) is 13.0. The highest BCUT2D eigenvalue weighted by Gasteiger charge is 2.33. The zero-order valence-corrected chi connectivity index (χ0v) is 13.8. The van der Waals surface area contributed by atoms with Crippen molar-refractivity contribution in [1.82, 2.24) is 15.0 Å². The molecule has 0 fully saturated rings. The van der Waals surface area contributed by atoms with Crippen molar-refractivity contribution in [2.24, 2.45) is 0 Å². The molecule has 0 saturated carbocycles. The molecule has 0 unspecified atom stereocenters. The van der Waals surface area contributed by atoms with E-state index in [-0.39, 0.29) is 23.0 Å². The number of rotatable bonds is 4. The van der Waals surface area contributed by atoms with Gasteiger partial charge in [0, 0.05) is 11.9 Å². The third-order valence-corrected chi connectivity index (χ3v) is 3.66. The molecule has 2 heterocycles. The van der Waals surface area contributed by atoms with Crippen LogP contribution in [-0.2, 0) is 6.18 Å². The maximum atomic E-state index is 13.0. The molecule has 1 aromatic carbocycles. The van der Waals surface area contributed by atoms with Crippen molar-refractivity contribution in [1.29, 1.82) is 0 Å². The van der Waals surface area contributed by atoms with E-state index in [1.165, 1.54) is 12.4 Å². The fourth-order valence-electron chi connectivity index (χ4n) is 2.11. The second-order valence-corrected chi connectivity index (χ2v) is 5.55. The van der Waals surface area contributed by atoms with Crippen LogP contribution < -0.4 is 16.4 Å². The Hall–Kier alpha value is -3.07. The number of pyridine rings is 1. The molecule has 134 valence electrons. The van der Waals surface area contributed by atoms with Crippen LogP contribution >= 0.6 is 11.6 Å². The van der Waals surface area contributed by atoms with Crippen molar-refractivity contribution in [3.63, 3.8) is 0 Å². The first-order chi connectivity index (χ1) is 12.3. The Bertz CT molecular complexity index is 918. The predicted octanol–water partition coefficient (Wildman–Crippen LogP) is 4.61. The van der Waals surface area contributed by atoms with E-state index in [1.54, 1.807) is 24.4 Å². The number of hydrogen-bond donors (Lipinski definition) is 3. The van der Waals surface area contributed by atoms with Crippen molar-refractivity contribution < 1.29 is 13.2 Å². The number of halogens is 4. The van der Waals surface area contributed by atoms with Gasteiger partial charge in [-0.15, -0.1) is 0 Å². The Morgan fingerprint density at radius 1 is 0.962 bits per heavy atom. The zero-order chi connectivity index (χ0) is 18.7. The van der Waals surface area contributed by atoms with Gasteiger partial charge >= 0.3 is 6.18 Å². The first kappa shape index (κ1) is 17.7. The molecule has 3 rings (SSSR count). The summed E-state index contributed by atoms with van der Waals surface area (Å²) in [6, 6.07) is 8.67. The van der Waals surface area contributed by atoms with Crippen LogP contribution in [0.4, 0.5) is 42.0 Å². The van der Waals surface area contributed by atoms with E-state index in [2.05, 4.69) is 25.6 Å². The van der Waals surface area contributed by atoms with E-state index in [9.17, 15) is 13.2 Å². The van der Waals surface area contributed by atoms with Gasteiger partial charge in [-0.25, -0.2) is 15.0 Å². The average Bonchev–Trinajstić information content (AvgIpc) is 2.60. The molecule has 26 heavy (non-hydrogen) atoms. The van der Waals surface area contributed by atoms with E-state index < -0.39 is 16.8 Å².